The lowest BCUT2D eigenvalue weighted by Crippen LogP contribution is -2.67. The summed E-state index contributed by atoms with van der Waals surface area (Å²) < 4.78 is -0.221. The van der Waals surface area contributed by atoms with E-state index in [0.29, 0.717) is 78.3 Å². The van der Waals surface area contributed by atoms with Gasteiger partial charge < -0.3 is 65.9 Å². The highest BCUT2D eigenvalue weighted by atomic mass is 16.4. The van der Waals surface area contributed by atoms with Crippen LogP contribution in [-0.4, -0.2) is 171 Å². The van der Waals surface area contributed by atoms with Crippen molar-refractivity contribution in [2.24, 2.45) is 34.4 Å². The highest BCUT2D eigenvalue weighted by Gasteiger charge is 2.51. The van der Waals surface area contributed by atoms with E-state index in [1.54, 1.807) is 0 Å². The minimum absolute atomic E-state index is 0.0391. The molecule has 0 aliphatic rings. The Morgan fingerprint density at radius 2 is 0.403 bits per heavy atom. The number of nitrogens with zero attached hydrogens (tertiary/aromatic N) is 2. The Morgan fingerprint density at radius 3 is 0.573 bits per heavy atom. The molecule has 0 spiro atoms. The number of carbonyl (C=O) groups is 6. The van der Waals surface area contributed by atoms with E-state index >= 15 is 9.59 Å². The van der Waals surface area contributed by atoms with Crippen LogP contribution < -0.4 is 55.7 Å². The SMILES string of the molecule is CCCCCCCCCCCCCCCCCC[N+](CCCCCCCCCCCCCCCCCC)(C(=O)[C@H](CCCNCCCN)NCCCN)[C@@H](CCC(N)=O)C(=O)O.CCCCCCCCCCCCCCCCCC[N+](CCCCCCCCCCCCCCCCCC)(C(=O)[C@H](CCCNCCCN)NCCCN)[C@@H](CCC(N)=O)C(=O)O. The Bertz CT molecular complexity index is 2080. The molecule has 0 aliphatic carbocycles. The van der Waals surface area contributed by atoms with Crippen LogP contribution in [0.4, 0.5) is 0 Å². The van der Waals surface area contributed by atoms with E-state index in [4.69, 9.17) is 34.4 Å². The molecule has 18 N–H and O–H groups in total. The summed E-state index contributed by atoms with van der Waals surface area (Å²) in [7, 11) is 0. The second-order valence-corrected chi connectivity index (χ2v) is 37.9. The summed E-state index contributed by atoms with van der Waals surface area (Å²) in [5.74, 6) is -3.13. The summed E-state index contributed by atoms with van der Waals surface area (Å²) in [6.07, 6.45) is 86.8. The molecule has 124 heavy (non-hydrogen) atoms. The van der Waals surface area contributed by atoms with Crippen molar-refractivity contribution in [2.75, 3.05) is 91.6 Å². The zero-order valence-corrected chi connectivity index (χ0v) is 82.7. The minimum Gasteiger partial charge on any atom is -0.477 e. The summed E-state index contributed by atoms with van der Waals surface area (Å²) in [5.41, 5.74) is 34.4. The topological polar surface area (TPSA) is 347 Å². The fourth-order valence-corrected chi connectivity index (χ4v) is 18.7. The first-order chi connectivity index (χ1) is 60.6. The van der Waals surface area contributed by atoms with Crippen molar-refractivity contribution in [3.8, 4) is 0 Å². The van der Waals surface area contributed by atoms with Crippen LogP contribution in [0.1, 0.15) is 516 Å². The molecule has 0 unspecified atom stereocenters. The molecule has 0 aliphatic heterocycles. The van der Waals surface area contributed by atoms with E-state index in [9.17, 15) is 29.4 Å². The first-order valence-corrected chi connectivity index (χ1v) is 54.1. The van der Waals surface area contributed by atoms with E-state index in [-0.39, 0.29) is 46.5 Å². The van der Waals surface area contributed by atoms with Crippen LogP contribution >= 0.6 is 0 Å². The number of amides is 4. The van der Waals surface area contributed by atoms with Gasteiger partial charge in [0.25, 0.3) is 0 Å². The molecule has 0 radical (unpaired) electrons. The number of carboxylic acids is 2. The van der Waals surface area contributed by atoms with E-state index in [1.807, 2.05) is 0 Å². The summed E-state index contributed by atoms with van der Waals surface area (Å²) >= 11 is 0. The van der Waals surface area contributed by atoms with Crippen molar-refractivity contribution in [1.82, 2.24) is 21.3 Å². The molecule has 0 aromatic carbocycles. The second kappa shape index (κ2) is 95.9. The number of nitrogens with two attached hydrogens (primary N) is 6. The maximum atomic E-state index is 15.2. The second-order valence-electron chi connectivity index (χ2n) is 37.9. The van der Waals surface area contributed by atoms with Gasteiger partial charge in [0, 0.05) is 25.7 Å². The summed E-state index contributed by atoms with van der Waals surface area (Å²) in [5, 5.41) is 35.6. The molecule has 4 atom stereocenters. The van der Waals surface area contributed by atoms with Gasteiger partial charge in [0.05, 0.1) is 26.2 Å². The molecule has 0 aromatic rings. The summed E-state index contributed by atoms with van der Waals surface area (Å²) in [6.45, 7) is 17.7. The third-order valence-corrected chi connectivity index (χ3v) is 26.6. The standard InChI is InChI=1S/2C52H106N6O4/c2*1-3-5-7-9-11-13-15-17-19-21-23-25-27-29-31-33-46-58(49(52(61)62)39-40-50(55)59,51(60)48(57-45-37-42-54)38-35-43-56-44-36-41-53)47-34-32-30-28-26-24-22-20-18-16-14-12-10-8-6-4-2/h2*48-49,56-57H,3-47,53-54H2,1-2H3,(H2-,55,59,61,62)/p+2/t2*48-,49-/m00/s1. The molecule has 20 nitrogen and oxygen atoms in total. The van der Waals surface area contributed by atoms with Crippen molar-refractivity contribution in [1.29, 1.82) is 0 Å². The lowest BCUT2D eigenvalue weighted by atomic mass is 9.97. The van der Waals surface area contributed by atoms with Crippen LogP contribution in [0.3, 0.4) is 0 Å². The maximum absolute atomic E-state index is 15.2. The summed E-state index contributed by atoms with van der Waals surface area (Å²) in [6, 6.07) is -3.00. The Hall–Kier alpha value is -3.18. The van der Waals surface area contributed by atoms with Gasteiger partial charge >= 0.3 is 23.8 Å². The third-order valence-electron chi connectivity index (χ3n) is 26.6. The van der Waals surface area contributed by atoms with Crippen molar-refractivity contribution in [3.63, 3.8) is 0 Å². The number of unbranched alkanes of at least 4 members (excludes halogenated alkanes) is 60. The van der Waals surface area contributed by atoms with Gasteiger partial charge in [-0.25, -0.2) is 28.1 Å². The Labute approximate surface area is 766 Å². The van der Waals surface area contributed by atoms with Crippen LogP contribution in [0.2, 0.25) is 0 Å². The van der Waals surface area contributed by atoms with E-state index < -0.39 is 47.9 Å². The fraction of sp³-hybridized carbons (Fsp3) is 0.942. The van der Waals surface area contributed by atoms with Gasteiger partial charge in [0.15, 0.2) is 12.1 Å². The molecule has 20 heteroatoms. The van der Waals surface area contributed by atoms with Crippen molar-refractivity contribution in [3.05, 3.63) is 0 Å². The number of hydrogen-bond donors (Lipinski definition) is 12. The van der Waals surface area contributed by atoms with E-state index in [0.717, 1.165) is 142 Å². The molecular weight excluding hydrogens is 1550 g/mol. The number of quaternary nitrogens is 2. The average molecular weight is 1760 g/mol. The zero-order chi connectivity index (χ0) is 91.2. The number of rotatable bonds is 102. The molecule has 0 heterocycles. The molecule has 0 saturated heterocycles. The predicted octanol–water partition coefficient (Wildman–Crippen LogP) is 23.2. The molecule has 0 bridgehead atoms. The lowest BCUT2D eigenvalue weighted by molar-refractivity contribution is -0.873. The largest absolute Gasteiger partial charge is 0.477 e. The van der Waals surface area contributed by atoms with Crippen LogP contribution in [0.15, 0.2) is 0 Å². The maximum Gasteiger partial charge on any atom is 0.363 e. The number of primary amides is 2. The molecule has 0 fully saturated rings. The lowest BCUT2D eigenvalue weighted by Gasteiger charge is -2.43. The zero-order valence-electron chi connectivity index (χ0n) is 82.7. The van der Waals surface area contributed by atoms with Crippen molar-refractivity contribution in [2.45, 2.75) is 540 Å². The fourth-order valence-electron chi connectivity index (χ4n) is 18.7. The van der Waals surface area contributed by atoms with Gasteiger partial charge in [-0.1, -0.05) is 387 Å². The molecule has 4 amide bonds. The van der Waals surface area contributed by atoms with Crippen LogP contribution in [0, 0.1) is 0 Å². The van der Waals surface area contributed by atoms with E-state index in [1.165, 1.54) is 334 Å². The van der Waals surface area contributed by atoms with Gasteiger partial charge in [-0.3, -0.25) is 9.59 Å². The first-order valence-electron chi connectivity index (χ1n) is 54.1. The summed E-state index contributed by atoms with van der Waals surface area (Å²) in [4.78, 5) is 81.1. The van der Waals surface area contributed by atoms with Crippen molar-refractivity contribution < 1.29 is 47.9 Å². The number of nitrogens with one attached hydrogen (secondary N) is 4. The highest BCUT2D eigenvalue weighted by Crippen LogP contribution is 2.31. The number of carbonyl (C=O) groups excluding carboxylic acids is 4. The normalized spacial score (nSPS) is 12.8. The smallest absolute Gasteiger partial charge is 0.363 e. The van der Waals surface area contributed by atoms with Gasteiger partial charge in [-0.2, -0.15) is 0 Å². The Balaban J connectivity index is 0. The number of carboxylic acid groups (broad SMARTS) is 2. The first kappa shape index (κ1) is 123. The van der Waals surface area contributed by atoms with Crippen LogP contribution in [-0.2, 0) is 28.8 Å². The van der Waals surface area contributed by atoms with Gasteiger partial charge in [0.2, 0.25) is 11.8 Å². The van der Waals surface area contributed by atoms with Gasteiger partial charge in [-0.15, -0.1) is 0 Å². The van der Waals surface area contributed by atoms with Crippen LogP contribution in [0.5, 0.6) is 0 Å². The quantitative estimate of drug-likeness (QED) is 0.0199. The Morgan fingerprint density at radius 1 is 0.234 bits per heavy atom. The monoisotopic (exact) mass is 1760 g/mol. The van der Waals surface area contributed by atoms with Gasteiger partial charge in [-0.05, 0) is 168 Å². The molecule has 0 saturated carbocycles. The highest BCUT2D eigenvalue weighted by molar-refractivity contribution is 5.82. The van der Waals surface area contributed by atoms with E-state index in [2.05, 4.69) is 49.0 Å². The van der Waals surface area contributed by atoms with Crippen molar-refractivity contribution >= 4 is 35.6 Å². The van der Waals surface area contributed by atoms with Crippen LogP contribution in [0.25, 0.3) is 0 Å². The number of aliphatic carboxylic acids is 2. The molecule has 0 aromatic heterocycles. The minimum atomic E-state index is -1.01. The van der Waals surface area contributed by atoms with Gasteiger partial charge in [0.1, 0.15) is 12.1 Å². The Kier molecular flexibility index (Phi) is 95.0. The average Bonchev–Trinajstić information content (AvgIpc) is 0.786. The molecule has 0 rings (SSSR count). The molecular formula is C104H214N12O8+2. The third kappa shape index (κ3) is 74.5. The molecule has 736 valence electrons. The number of hydrogen-bond acceptors (Lipinski definition) is 14. The predicted molar refractivity (Wildman–Crippen MR) is 530 cm³/mol.